The van der Waals surface area contributed by atoms with Gasteiger partial charge in [0, 0.05) is 5.41 Å². The molecular weight excluding hydrogens is 227 g/mol. The fraction of sp³-hybridized carbons (Fsp3) is 0.250. The Balaban J connectivity index is 1.93. The van der Waals surface area contributed by atoms with Gasteiger partial charge in [-0.15, -0.1) is 0 Å². The van der Waals surface area contributed by atoms with Crippen molar-refractivity contribution in [3.05, 3.63) is 71.5 Å². The Hall–Kier alpha value is -1.67. The molecule has 2 aromatic rings. The molecule has 0 radical (unpaired) electrons. The molecule has 0 amide bonds. The molecule has 0 aromatic heterocycles. The van der Waals surface area contributed by atoms with Crippen molar-refractivity contribution in [2.75, 3.05) is 0 Å². The average Bonchev–Trinajstić information content (AvgIpc) is 3.21. The fourth-order valence-electron chi connectivity index (χ4n) is 2.59. The summed E-state index contributed by atoms with van der Waals surface area (Å²) in [4.78, 5) is 0. The van der Waals surface area contributed by atoms with Crippen LogP contribution in [0.15, 0.2) is 54.6 Å². The van der Waals surface area contributed by atoms with Crippen LogP contribution in [0.25, 0.3) is 0 Å². The molecule has 0 spiro atoms. The third-order valence-corrected chi connectivity index (χ3v) is 3.85. The molecule has 18 heavy (non-hydrogen) atoms. The molecule has 2 heteroatoms. The molecular formula is C16H15FO. The Morgan fingerprint density at radius 2 is 1.56 bits per heavy atom. The first kappa shape index (κ1) is 11.4. The van der Waals surface area contributed by atoms with Crippen LogP contribution in [0.2, 0.25) is 0 Å². The zero-order valence-electron chi connectivity index (χ0n) is 10.0. The van der Waals surface area contributed by atoms with Crippen LogP contribution < -0.4 is 0 Å². The molecule has 1 aliphatic carbocycles. The van der Waals surface area contributed by atoms with Crippen LogP contribution in [0.1, 0.15) is 30.1 Å². The predicted octanol–water partition coefficient (Wildman–Crippen LogP) is 3.59. The first-order valence-electron chi connectivity index (χ1n) is 6.21. The van der Waals surface area contributed by atoms with Crippen molar-refractivity contribution >= 4 is 0 Å². The zero-order valence-corrected chi connectivity index (χ0v) is 10.0. The van der Waals surface area contributed by atoms with E-state index in [1.54, 1.807) is 12.1 Å². The van der Waals surface area contributed by atoms with E-state index in [1.165, 1.54) is 17.7 Å². The number of benzene rings is 2. The maximum atomic E-state index is 12.9. The summed E-state index contributed by atoms with van der Waals surface area (Å²) in [6.07, 6.45) is 1.41. The second kappa shape index (κ2) is 4.21. The zero-order chi connectivity index (χ0) is 12.6. The Kier molecular flexibility index (Phi) is 2.67. The fourth-order valence-corrected chi connectivity index (χ4v) is 2.59. The number of hydrogen-bond acceptors (Lipinski definition) is 1. The highest BCUT2D eigenvalue weighted by Gasteiger charge is 2.50. The number of hydrogen-bond donors (Lipinski definition) is 1. The standard InChI is InChI=1S/C16H15FO/c17-14-8-6-12(7-9-14)15(18)16(10-11-16)13-4-2-1-3-5-13/h1-9,15,18H,10-11H2. The summed E-state index contributed by atoms with van der Waals surface area (Å²) in [6.45, 7) is 0. The lowest BCUT2D eigenvalue weighted by atomic mass is 9.86. The lowest BCUT2D eigenvalue weighted by Gasteiger charge is -2.23. The summed E-state index contributed by atoms with van der Waals surface area (Å²) in [5, 5.41) is 10.5. The average molecular weight is 242 g/mol. The Morgan fingerprint density at radius 3 is 2.11 bits per heavy atom. The van der Waals surface area contributed by atoms with E-state index in [-0.39, 0.29) is 11.2 Å². The monoisotopic (exact) mass is 242 g/mol. The molecule has 92 valence electrons. The molecule has 3 rings (SSSR count). The third kappa shape index (κ3) is 1.83. The van der Waals surface area contributed by atoms with Gasteiger partial charge in [-0.05, 0) is 36.1 Å². The molecule has 1 fully saturated rings. The van der Waals surface area contributed by atoms with Gasteiger partial charge >= 0.3 is 0 Å². The van der Waals surface area contributed by atoms with Crippen LogP contribution >= 0.6 is 0 Å². The molecule has 1 nitrogen and oxygen atoms in total. The van der Waals surface area contributed by atoms with Gasteiger partial charge in [-0.25, -0.2) is 4.39 Å². The normalized spacial score (nSPS) is 18.3. The van der Waals surface area contributed by atoms with E-state index >= 15 is 0 Å². The maximum absolute atomic E-state index is 12.9. The summed E-state index contributed by atoms with van der Waals surface area (Å²) < 4.78 is 12.9. The van der Waals surface area contributed by atoms with Crippen molar-refractivity contribution in [1.82, 2.24) is 0 Å². The molecule has 1 atom stereocenters. The molecule has 0 aliphatic heterocycles. The largest absolute Gasteiger partial charge is 0.387 e. The van der Waals surface area contributed by atoms with Gasteiger partial charge < -0.3 is 5.11 Å². The lowest BCUT2D eigenvalue weighted by molar-refractivity contribution is 0.133. The molecule has 1 aliphatic rings. The molecule has 0 heterocycles. The number of aliphatic hydroxyl groups excluding tert-OH is 1. The Bertz CT molecular complexity index is 529. The van der Waals surface area contributed by atoms with E-state index in [9.17, 15) is 9.50 Å². The van der Waals surface area contributed by atoms with Crippen molar-refractivity contribution in [2.45, 2.75) is 24.4 Å². The minimum atomic E-state index is -0.555. The summed E-state index contributed by atoms with van der Waals surface area (Å²) in [5.74, 6) is -0.268. The summed E-state index contributed by atoms with van der Waals surface area (Å²) in [5.41, 5.74) is 1.79. The topological polar surface area (TPSA) is 20.2 Å². The molecule has 0 saturated heterocycles. The SMILES string of the molecule is OC(c1ccc(F)cc1)C1(c2ccccc2)CC1. The minimum absolute atomic E-state index is 0.168. The second-order valence-electron chi connectivity index (χ2n) is 4.98. The first-order valence-corrected chi connectivity index (χ1v) is 6.21. The number of halogens is 1. The maximum Gasteiger partial charge on any atom is 0.123 e. The van der Waals surface area contributed by atoms with Gasteiger partial charge in [-0.3, -0.25) is 0 Å². The van der Waals surface area contributed by atoms with E-state index < -0.39 is 6.10 Å². The smallest absolute Gasteiger partial charge is 0.123 e. The lowest BCUT2D eigenvalue weighted by Crippen LogP contribution is -2.18. The van der Waals surface area contributed by atoms with Crippen LogP contribution in [-0.2, 0) is 5.41 Å². The molecule has 1 unspecified atom stereocenters. The van der Waals surface area contributed by atoms with Crippen molar-refractivity contribution < 1.29 is 9.50 Å². The van der Waals surface area contributed by atoms with E-state index in [1.807, 2.05) is 18.2 Å². The number of aliphatic hydroxyl groups is 1. The van der Waals surface area contributed by atoms with Crippen LogP contribution in [-0.4, -0.2) is 5.11 Å². The molecule has 1 saturated carbocycles. The highest BCUT2D eigenvalue weighted by Crippen LogP contribution is 2.56. The number of rotatable bonds is 3. The molecule has 1 N–H and O–H groups in total. The van der Waals surface area contributed by atoms with Gasteiger partial charge in [0.2, 0.25) is 0 Å². The van der Waals surface area contributed by atoms with Gasteiger partial charge in [0.25, 0.3) is 0 Å². The van der Waals surface area contributed by atoms with E-state index in [4.69, 9.17) is 0 Å². The predicted molar refractivity (Wildman–Crippen MR) is 68.7 cm³/mol. The van der Waals surface area contributed by atoms with Gasteiger partial charge in [-0.1, -0.05) is 42.5 Å². The summed E-state index contributed by atoms with van der Waals surface area (Å²) in [6, 6.07) is 16.2. The summed E-state index contributed by atoms with van der Waals surface area (Å²) in [7, 11) is 0. The van der Waals surface area contributed by atoms with Crippen LogP contribution in [0.4, 0.5) is 4.39 Å². The quantitative estimate of drug-likeness (QED) is 0.872. The van der Waals surface area contributed by atoms with Gasteiger partial charge in [-0.2, -0.15) is 0 Å². The van der Waals surface area contributed by atoms with Crippen molar-refractivity contribution in [2.24, 2.45) is 0 Å². The van der Waals surface area contributed by atoms with E-state index in [2.05, 4.69) is 12.1 Å². The van der Waals surface area contributed by atoms with E-state index in [0.29, 0.717) is 0 Å². The Labute approximate surface area is 106 Å². The van der Waals surface area contributed by atoms with E-state index in [0.717, 1.165) is 18.4 Å². The van der Waals surface area contributed by atoms with Crippen molar-refractivity contribution in [3.63, 3.8) is 0 Å². The highest BCUT2D eigenvalue weighted by atomic mass is 19.1. The Morgan fingerprint density at radius 1 is 0.944 bits per heavy atom. The van der Waals surface area contributed by atoms with Gasteiger partial charge in [0.05, 0.1) is 6.10 Å². The van der Waals surface area contributed by atoms with Crippen molar-refractivity contribution in [1.29, 1.82) is 0 Å². The first-order chi connectivity index (χ1) is 8.72. The van der Waals surface area contributed by atoms with Crippen LogP contribution in [0, 0.1) is 5.82 Å². The van der Waals surface area contributed by atoms with Gasteiger partial charge in [0.15, 0.2) is 0 Å². The summed E-state index contributed by atoms with van der Waals surface area (Å²) >= 11 is 0. The van der Waals surface area contributed by atoms with Crippen LogP contribution in [0.3, 0.4) is 0 Å². The van der Waals surface area contributed by atoms with Crippen molar-refractivity contribution in [3.8, 4) is 0 Å². The molecule has 2 aromatic carbocycles. The minimum Gasteiger partial charge on any atom is -0.387 e. The highest BCUT2D eigenvalue weighted by molar-refractivity contribution is 5.37. The third-order valence-electron chi connectivity index (χ3n) is 3.85. The van der Waals surface area contributed by atoms with Crippen LogP contribution in [0.5, 0.6) is 0 Å². The van der Waals surface area contributed by atoms with Gasteiger partial charge in [0.1, 0.15) is 5.82 Å². The second-order valence-corrected chi connectivity index (χ2v) is 4.98. The molecule has 0 bridgehead atoms.